The molecule has 0 saturated carbocycles. The lowest BCUT2D eigenvalue weighted by molar-refractivity contribution is -0.143. The maximum absolute atomic E-state index is 14.5. The van der Waals surface area contributed by atoms with Gasteiger partial charge in [0, 0.05) is 23.0 Å². The standard InChI is InChI=1S/C21H20F2N2O2S/c1-12(2)27-20(26)18-13(3)25(15-7-5-4-6-8-15)21(28)24-19(18)16-10-9-14(22)11-17(16)23/h4-12,19H,1-3H3,(H,24,28)/t19-/m0/s1. The summed E-state index contributed by atoms with van der Waals surface area (Å²) in [6, 6.07) is 11.6. The van der Waals surface area contributed by atoms with Crippen LogP contribution in [0.15, 0.2) is 59.8 Å². The first-order chi connectivity index (χ1) is 13.3. The Morgan fingerprint density at radius 1 is 1.18 bits per heavy atom. The minimum absolute atomic E-state index is 0.117. The summed E-state index contributed by atoms with van der Waals surface area (Å²) in [4.78, 5) is 14.6. The second-order valence-electron chi connectivity index (χ2n) is 6.67. The van der Waals surface area contributed by atoms with Crippen LogP contribution in [0.5, 0.6) is 0 Å². The highest BCUT2D eigenvalue weighted by Gasteiger charge is 2.37. The maximum Gasteiger partial charge on any atom is 0.338 e. The van der Waals surface area contributed by atoms with E-state index in [1.165, 1.54) is 6.07 Å². The largest absolute Gasteiger partial charge is 0.459 e. The second kappa shape index (κ2) is 8.06. The Morgan fingerprint density at radius 3 is 2.46 bits per heavy atom. The summed E-state index contributed by atoms with van der Waals surface area (Å²) >= 11 is 5.49. The molecule has 0 amide bonds. The molecule has 0 aromatic heterocycles. The van der Waals surface area contributed by atoms with Crippen LogP contribution in [0.1, 0.15) is 32.4 Å². The van der Waals surface area contributed by atoms with E-state index in [2.05, 4.69) is 5.32 Å². The van der Waals surface area contributed by atoms with Gasteiger partial charge in [-0.25, -0.2) is 13.6 Å². The van der Waals surface area contributed by atoms with Crippen LogP contribution in [0.25, 0.3) is 0 Å². The van der Waals surface area contributed by atoms with Crippen LogP contribution in [-0.4, -0.2) is 17.2 Å². The molecule has 0 radical (unpaired) electrons. The number of rotatable bonds is 4. The topological polar surface area (TPSA) is 41.6 Å². The lowest BCUT2D eigenvalue weighted by atomic mass is 9.94. The fraction of sp³-hybridized carbons (Fsp3) is 0.238. The van der Waals surface area contributed by atoms with Gasteiger partial charge >= 0.3 is 5.97 Å². The van der Waals surface area contributed by atoms with Crippen LogP contribution in [0.2, 0.25) is 0 Å². The number of benzene rings is 2. The summed E-state index contributed by atoms with van der Waals surface area (Å²) in [5.74, 6) is -2.05. The summed E-state index contributed by atoms with van der Waals surface area (Å²) in [5, 5.41) is 3.32. The van der Waals surface area contributed by atoms with Gasteiger partial charge < -0.3 is 10.1 Å². The van der Waals surface area contributed by atoms with Crippen molar-refractivity contribution >= 4 is 29.0 Å². The summed E-state index contributed by atoms with van der Waals surface area (Å²) in [5.41, 5.74) is 1.61. The van der Waals surface area contributed by atoms with Crippen molar-refractivity contribution in [3.05, 3.63) is 77.0 Å². The Hall–Kier alpha value is -2.80. The van der Waals surface area contributed by atoms with Gasteiger partial charge in [-0.3, -0.25) is 4.90 Å². The van der Waals surface area contributed by atoms with Gasteiger partial charge in [0.2, 0.25) is 0 Å². The molecule has 0 bridgehead atoms. The minimum atomic E-state index is -0.890. The van der Waals surface area contributed by atoms with E-state index in [0.29, 0.717) is 10.8 Å². The number of allylic oxidation sites excluding steroid dienone is 1. The van der Waals surface area contributed by atoms with Gasteiger partial charge in [-0.1, -0.05) is 24.3 Å². The fourth-order valence-corrected chi connectivity index (χ4v) is 3.50. The molecular weight excluding hydrogens is 382 g/mol. The monoisotopic (exact) mass is 402 g/mol. The molecule has 1 aliphatic heterocycles. The second-order valence-corrected chi connectivity index (χ2v) is 7.06. The molecule has 28 heavy (non-hydrogen) atoms. The van der Waals surface area contributed by atoms with Crippen molar-refractivity contribution in [1.82, 2.24) is 5.32 Å². The molecule has 3 rings (SSSR count). The number of nitrogens with zero attached hydrogens (tertiary/aromatic N) is 1. The number of carbonyl (C=O) groups is 1. The van der Waals surface area contributed by atoms with E-state index < -0.39 is 23.6 Å². The van der Waals surface area contributed by atoms with Gasteiger partial charge in [-0.2, -0.15) is 0 Å². The number of carbonyl (C=O) groups excluding carboxylic acids is 1. The highest BCUT2D eigenvalue weighted by Crippen LogP contribution is 2.35. The molecule has 1 N–H and O–H groups in total. The smallest absolute Gasteiger partial charge is 0.338 e. The molecule has 0 saturated heterocycles. The SMILES string of the molecule is CC1=C(C(=O)OC(C)C)[C@H](c2ccc(F)cc2F)NC(=S)N1c1ccccc1. The molecule has 2 aromatic carbocycles. The van der Waals surface area contributed by atoms with Gasteiger partial charge in [0.1, 0.15) is 11.6 Å². The molecule has 0 unspecified atom stereocenters. The van der Waals surface area contributed by atoms with Crippen molar-refractivity contribution in [2.24, 2.45) is 0 Å². The summed E-state index contributed by atoms with van der Waals surface area (Å²) in [6.45, 7) is 5.19. The van der Waals surface area contributed by atoms with E-state index >= 15 is 0 Å². The normalized spacial score (nSPS) is 17.0. The third-order valence-electron chi connectivity index (χ3n) is 4.34. The molecule has 7 heteroatoms. The maximum atomic E-state index is 14.5. The van der Waals surface area contributed by atoms with Crippen LogP contribution >= 0.6 is 12.2 Å². The van der Waals surface area contributed by atoms with Crippen molar-refractivity contribution in [3.63, 3.8) is 0 Å². The van der Waals surface area contributed by atoms with E-state index in [4.69, 9.17) is 17.0 Å². The molecule has 2 aromatic rings. The number of ether oxygens (including phenoxy) is 1. The number of hydrogen-bond acceptors (Lipinski definition) is 3. The van der Waals surface area contributed by atoms with E-state index in [1.54, 1.807) is 25.7 Å². The van der Waals surface area contributed by atoms with Gasteiger partial charge in [0.15, 0.2) is 5.11 Å². The Morgan fingerprint density at radius 2 is 1.86 bits per heavy atom. The Kier molecular flexibility index (Phi) is 5.74. The van der Waals surface area contributed by atoms with Crippen molar-refractivity contribution in [3.8, 4) is 0 Å². The zero-order valence-electron chi connectivity index (χ0n) is 15.7. The molecule has 0 aliphatic carbocycles. The van der Waals surface area contributed by atoms with E-state index in [1.807, 2.05) is 30.3 Å². The van der Waals surface area contributed by atoms with Gasteiger partial charge in [0.05, 0.1) is 17.7 Å². The average Bonchev–Trinajstić information content (AvgIpc) is 2.61. The predicted molar refractivity (Wildman–Crippen MR) is 108 cm³/mol. The highest BCUT2D eigenvalue weighted by atomic mass is 32.1. The third kappa shape index (κ3) is 3.89. The summed E-state index contributed by atoms with van der Waals surface area (Å²) in [6.07, 6.45) is -0.356. The summed E-state index contributed by atoms with van der Waals surface area (Å²) in [7, 11) is 0. The lowest BCUT2D eigenvalue weighted by Gasteiger charge is -2.37. The van der Waals surface area contributed by atoms with Crippen molar-refractivity contribution in [2.75, 3.05) is 4.90 Å². The van der Waals surface area contributed by atoms with E-state index in [-0.39, 0.29) is 17.2 Å². The molecule has 146 valence electrons. The summed E-state index contributed by atoms with van der Waals surface area (Å²) < 4.78 is 33.3. The number of halogens is 2. The van der Waals surface area contributed by atoms with Crippen LogP contribution in [0.4, 0.5) is 14.5 Å². The number of esters is 1. The molecule has 0 fully saturated rings. The molecule has 4 nitrogen and oxygen atoms in total. The Labute approximate surface area is 167 Å². The number of para-hydroxylation sites is 1. The zero-order valence-corrected chi connectivity index (χ0v) is 16.5. The quantitative estimate of drug-likeness (QED) is 0.597. The first-order valence-electron chi connectivity index (χ1n) is 8.82. The first-order valence-corrected chi connectivity index (χ1v) is 9.22. The Bertz CT molecular complexity index is 945. The fourth-order valence-electron chi connectivity index (χ4n) is 3.14. The minimum Gasteiger partial charge on any atom is -0.459 e. The molecule has 1 atom stereocenters. The molecular formula is C21H20F2N2O2S. The number of nitrogens with one attached hydrogen (secondary N) is 1. The number of hydrogen-bond donors (Lipinski definition) is 1. The molecule has 1 aliphatic rings. The zero-order chi connectivity index (χ0) is 20.4. The third-order valence-corrected chi connectivity index (χ3v) is 4.64. The van der Waals surface area contributed by atoms with Crippen LogP contribution in [0, 0.1) is 11.6 Å². The van der Waals surface area contributed by atoms with Crippen molar-refractivity contribution in [1.29, 1.82) is 0 Å². The van der Waals surface area contributed by atoms with Gasteiger partial charge in [-0.05, 0) is 51.2 Å². The lowest BCUT2D eigenvalue weighted by Crippen LogP contribution is -2.48. The van der Waals surface area contributed by atoms with Crippen LogP contribution < -0.4 is 10.2 Å². The van der Waals surface area contributed by atoms with Crippen LogP contribution in [-0.2, 0) is 9.53 Å². The number of anilines is 1. The predicted octanol–water partition coefficient (Wildman–Crippen LogP) is 4.63. The Balaban J connectivity index is 2.16. The molecule has 0 spiro atoms. The highest BCUT2D eigenvalue weighted by molar-refractivity contribution is 7.80. The average molecular weight is 402 g/mol. The van der Waals surface area contributed by atoms with E-state index in [9.17, 15) is 13.6 Å². The first kappa shape index (κ1) is 19.9. The van der Waals surface area contributed by atoms with Crippen LogP contribution in [0.3, 0.4) is 0 Å². The van der Waals surface area contributed by atoms with Crippen molar-refractivity contribution in [2.45, 2.75) is 32.9 Å². The number of thiocarbonyl (C=S) groups is 1. The van der Waals surface area contributed by atoms with Gasteiger partial charge in [-0.15, -0.1) is 0 Å². The molecule has 1 heterocycles. The van der Waals surface area contributed by atoms with E-state index in [0.717, 1.165) is 17.8 Å². The van der Waals surface area contributed by atoms with Gasteiger partial charge in [0.25, 0.3) is 0 Å². The van der Waals surface area contributed by atoms with Crippen molar-refractivity contribution < 1.29 is 18.3 Å².